The zero-order chi connectivity index (χ0) is 15.4. The van der Waals surface area contributed by atoms with Crippen LogP contribution in [0.3, 0.4) is 0 Å². The lowest BCUT2D eigenvalue weighted by Gasteiger charge is -2.10. The van der Waals surface area contributed by atoms with Crippen LogP contribution in [0.25, 0.3) is 0 Å². The van der Waals surface area contributed by atoms with E-state index < -0.39 is 0 Å². The molecule has 0 saturated carbocycles. The monoisotopic (exact) mass is 352 g/mol. The molecule has 0 aliphatic heterocycles. The Morgan fingerprint density at radius 1 is 1.33 bits per heavy atom. The number of halogens is 2. The van der Waals surface area contributed by atoms with Crippen molar-refractivity contribution in [1.29, 1.82) is 0 Å². The van der Waals surface area contributed by atoms with Crippen LogP contribution >= 0.6 is 15.9 Å². The van der Waals surface area contributed by atoms with Crippen LogP contribution in [0.1, 0.15) is 15.9 Å². The first-order valence-electron chi connectivity index (χ1n) is 6.17. The van der Waals surface area contributed by atoms with Gasteiger partial charge in [0.05, 0.1) is 12.7 Å². The van der Waals surface area contributed by atoms with Crippen LogP contribution < -0.4 is 15.8 Å². The Kier molecular flexibility index (Phi) is 4.80. The number of rotatable bonds is 4. The van der Waals surface area contributed by atoms with Crippen LogP contribution in [-0.4, -0.2) is 13.0 Å². The van der Waals surface area contributed by atoms with Crippen molar-refractivity contribution in [3.05, 3.63) is 57.8 Å². The highest BCUT2D eigenvalue weighted by Crippen LogP contribution is 2.21. The molecule has 0 spiro atoms. The summed E-state index contributed by atoms with van der Waals surface area (Å²) in [7, 11) is 1.47. The molecule has 3 N–H and O–H groups in total. The van der Waals surface area contributed by atoms with E-state index in [9.17, 15) is 9.18 Å². The molecule has 0 fully saturated rings. The summed E-state index contributed by atoms with van der Waals surface area (Å²) in [5.74, 6) is -0.340. The van der Waals surface area contributed by atoms with Crippen molar-refractivity contribution in [3.8, 4) is 5.75 Å². The van der Waals surface area contributed by atoms with Crippen molar-refractivity contribution in [1.82, 2.24) is 5.32 Å². The molecule has 2 aromatic rings. The molecule has 0 unspecified atom stereocenters. The van der Waals surface area contributed by atoms with Crippen molar-refractivity contribution in [2.24, 2.45) is 0 Å². The summed E-state index contributed by atoms with van der Waals surface area (Å²) in [6.45, 7) is 0.0715. The number of carbonyl (C=O) groups is 1. The van der Waals surface area contributed by atoms with Gasteiger partial charge in [-0.15, -0.1) is 0 Å². The highest BCUT2D eigenvalue weighted by atomic mass is 79.9. The number of anilines is 1. The third kappa shape index (κ3) is 3.72. The molecule has 0 aromatic heterocycles. The summed E-state index contributed by atoms with van der Waals surface area (Å²) in [4.78, 5) is 12.2. The second kappa shape index (κ2) is 6.58. The lowest BCUT2D eigenvalue weighted by atomic mass is 10.1. The molecular weight excluding hydrogens is 339 g/mol. The van der Waals surface area contributed by atoms with Crippen LogP contribution in [0.15, 0.2) is 40.9 Å². The van der Waals surface area contributed by atoms with E-state index in [0.717, 1.165) is 4.47 Å². The van der Waals surface area contributed by atoms with E-state index in [-0.39, 0.29) is 18.3 Å². The van der Waals surface area contributed by atoms with E-state index in [0.29, 0.717) is 22.6 Å². The molecule has 0 aliphatic carbocycles. The molecule has 0 heterocycles. The Labute approximate surface area is 130 Å². The number of nitrogen functional groups attached to an aromatic ring is 1. The van der Waals surface area contributed by atoms with E-state index >= 15 is 0 Å². The minimum atomic E-state index is -0.377. The van der Waals surface area contributed by atoms with Gasteiger partial charge in [0.25, 0.3) is 5.91 Å². The largest absolute Gasteiger partial charge is 0.496 e. The minimum Gasteiger partial charge on any atom is -0.496 e. The molecule has 110 valence electrons. The number of nitrogens with one attached hydrogen (secondary N) is 1. The number of amides is 1. The second-order valence-electron chi connectivity index (χ2n) is 4.38. The number of benzene rings is 2. The molecule has 21 heavy (non-hydrogen) atoms. The fraction of sp³-hybridized carbons (Fsp3) is 0.133. The topological polar surface area (TPSA) is 64.3 Å². The highest BCUT2D eigenvalue weighted by molar-refractivity contribution is 9.10. The van der Waals surface area contributed by atoms with Crippen LogP contribution in [0.4, 0.5) is 10.1 Å². The Morgan fingerprint density at radius 2 is 2.10 bits per heavy atom. The van der Waals surface area contributed by atoms with Crippen LogP contribution in [-0.2, 0) is 6.54 Å². The van der Waals surface area contributed by atoms with Gasteiger partial charge in [0.15, 0.2) is 0 Å². The predicted molar refractivity (Wildman–Crippen MR) is 82.7 cm³/mol. The van der Waals surface area contributed by atoms with Crippen LogP contribution in [0, 0.1) is 5.82 Å². The molecule has 0 bridgehead atoms. The highest BCUT2D eigenvalue weighted by Gasteiger charge is 2.13. The molecule has 2 rings (SSSR count). The predicted octanol–water partition coefficient (Wildman–Crippen LogP) is 3.11. The van der Waals surface area contributed by atoms with Gasteiger partial charge in [-0.25, -0.2) is 4.39 Å². The van der Waals surface area contributed by atoms with Gasteiger partial charge in [0.2, 0.25) is 0 Å². The third-order valence-electron chi connectivity index (χ3n) is 2.92. The SMILES string of the molecule is COc1ccc(N)cc1C(=O)NCc1cc(Br)ccc1F. The van der Waals surface area contributed by atoms with E-state index in [2.05, 4.69) is 21.2 Å². The Hall–Kier alpha value is -2.08. The lowest BCUT2D eigenvalue weighted by Crippen LogP contribution is -2.24. The smallest absolute Gasteiger partial charge is 0.255 e. The first kappa shape index (κ1) is 15.3. The van der Waals surface area contributed by atoms with E-state index in [4.69, 9.17) is 10.5 Å². The van der Waals surface area contributed by atoms with Gasteiger partial charge in [0.1, 0.15) is 11.6 Å². The first-order valence-corrected chi connectivity index (χ1v) is 6.96. The van der Waals surface area contributed by atoms with E-state index in [1.807, 2.05) is 0 Å². The standard InChI is InChI=1S/C15H14BrFN2O2/c1-21-14-5-3-11(18)7-12(14)15(20)19-8-9-6-10(16)2-4-13(9)17/h2-7H,8,18H2,1H3,(H,19,20). The van der Waals surface area contributed by atoms with Crippen molar-refractivity contribution < 1.29 is 13.9 Å². The average molecular weight is 353 g/mol. The average Bonchev–Trinajstić information content (AvgIpc) is 2.47. The van der Waals surface area contributed by atoms with Crippen molar-refractivity contribution >= 4 is 27.5 Å². The van der Waals surface area contributed by atoms with Gasteiger partial charge in [-0.05, 0) is 36.4 Å². The zero-order valence-electron chi connectivity index (χ0n) is 11.3. The molecule has 2 aromatic carbocycles. The molecule has 0 atom stereocenters. The zero-order valence-corrected chi connectivity index (χ0v) is 12.9. The molecular formula is C15H14BrFN2O2. The number of carbonyl (C=O) groups excluding carboxylic acids is 1. The Balaban J connectivity index is 2.15. The van der Waals surface area contributed by atoms with E-state index in [1.165, 1.54) is 19.2 Å². The van der Waals surface area contributed by atoms with Crippen molar-refractivity contribution in [3.63, 3.8) is 0 Å². The van der Waals surface area contributed by atoms with Crippen LogP contribution in [0.2, 0.25) is 0 Å². The summed E-state index contributed by atoms with van der Waals surface area (Å²) in [6, 6.07) is 9.33. The summed E-state index contributed by atoms with van der Waals surface area (Å²) >= 11 is 3.26. The van der Waals surface area contributed by atoms with Crippen molar-refractivity contribution in [2.75, 3.05) is 12.8 Å². The van der Waals surface area contributed by atoms with Gasteiger partial charge >= 0.3 is 0 Å². The third-order valence-corrected chi connectivity index (χ3v) is 3.41. The van der Waals surface area contributed by atoms with Gasteiger partial charge < -0.3 is 15.8 Å². The first-order chi connectivity index (χ1) is 10.0. The molecule has 0 aliphatic rings. The van der Waals surface area contributed by atoms with Gasteiger partial charge in [0, 0.05) is 22.3 Å². The lowest BCUT2D eigenvalue weighted by molar-refractivity contribution is 0.0947. The Bertz CT molecular complexity index is 677. The van der Waals surface area contributed by atoms with Gasteiger partial charge in [-0.3, -0.25) is 4.79 Å². The number of ether oxygens (including phenoxy) is 1. The molecule has 0 saturated heterocycles. The fourth-order valence-corrected chi connectivity index (χ4v) is 2.26. The summed E-state index contributed by atoms with van der Waals surface area (Å²) in [6.07, 6.45) is 0. The molecule has 0 radical (unpaired) electrons. The Morgan fingerprint density at radius 3 is 2.81 bits per heavy atom. The number of nitrogens with two attached hydrogens (primary N) is 1. The molecule has 1 amide bonds. The second-order valence-corrected chi connectivity index (χ2v) is 5.29. The minimum absolute atomic E-state index is 0.0715. The summed E-state index contributed by atoms with van der Waals surface area (Å²) < 4.78 is 19.5. The number of hydrogen-bond acceptors (Lipinski definition) is 3. The van der Waals surface area contributed by atoms with Gasteiger partial charge in [-0.2, -0.15) is 0 Å². The van der Waals surface area contributed by atoms with E-state index in [1.54, 1.807) is 24.3 Å². The number of hydrogen-bond donors (Lipinski definition) is 2. The summed E-state index contributed by atoms with van der Waals surface area (Å²) in [5, 5.41) is 2.65. The maximum absolute atomic E-state index is 13.6. The quantitative estimate of drug-likeness (QED) is 0.831. The maximum Gasteiger partial charge on any atom is 0.255 e. The maximum atomic E-state index is 13.6. The summed E-state index contributed by atoms with van der Waals surface area (Å²) in [5.41, 5.74) is 6.83. The van der Waals surface area contributed by atoms with Gasteiger partial charge in [-0.1, -0.05) is 15.9 Å². The van der Waals surface area contributed by atoms with Crippen molar-refractivity contribution in [2.45, 2.75) is 6.54 Å². The number of methoxy groups -OCH3 is 1. The van der Waals surface area contributed by atoms with Crippen LogP contribution in [0.5, 0.6) is 5.75 Å². The normalized spacial score (nSPS) is 10.2. The fourth-order valence-electron chi connectivity index (χ4n) is 1.85. The molecule has 4 nitrogen and oxygen atoms in total. The molecule has 6 heteroatoms.